The molecule has 0 rings (SSSR count). The number of rotatable bonds is 6. The van der Waals surface area contributed by atoms with E-state index in [9.17, 15) is 10.1 Å². The lowest BCUT2D eigenvalue weighted by atomic mass is 10.1. The second kappa shape index (κ2) is 7.00. The van der Waals surface area contributed by atoms with Crippen LogP contribution in [-0.2, 0) is 0 Å². The molecule has 0 saturated carbocycles. The normalized spacial score (nSPS) is 9.00. The van der Waals surface area contributed by atoms with Crippen molar-refractivity contribution in [2.24, 2.45) is 0 Å². The molecule has 0 atom stereocenters. The Morgan fingerprint density at radius 3 is 2.45 bits per heavy atom. The van der Waals surface area contributed by atoms with Crippen LogP contribution in [0.4, 0.5) is 0 Å². The molecule has 0 aromatic carbocycles. The van der Waals surface area contributed by atoms with E-state index in [1.165, 1.54) is 0 Å². The van der Waals surface area contributed by atoms with Crippen molar-refractivity contribution in [2.45, 2.75) is 32.1 Å². The molecular weight excluding hydrogens is 144 g/mol. The van der Waals surface area contributed by atoms with Gasteiger partial charge in [-0.15, -0.1) is 0 Å². The van der Waals surface area contributed by atoms with Gasteiger partial charge in [0.05, 0.1) is 6.07 Å². The molecule has 11 heavy (non-hydrogen) atoms. The fourth-order valence-corrected chi connectivity index (χ4v) is 0.799. The van der Waals surface area contributed by atoms with Crippen molar-refractivity contribution < 1.29 is 4.92 Å². The summed E-state index contributed by atoms with van der Waals surface area (Å²) in [7, 11) is 0. The highest BCUT2D eigenvalue weighted by Gasteiger charge is 1.95. The molecule has 0 saturated heterocycles. The van der Waals surface area contributed by atoms with Gasteiger partial charge in [0.25, 0.3) is 0 Å². The second-order valence-corrected chi connectivity index (χ2v) is 2.38. The Kier molecular flexibility index (Phi) is 6.30. The van der Waals surface area contributed by atoms with Gasteiger partial charge in [0.1, 0.15) is 0 Å². The van der Waals surface area contributed by atoms with Crippen LogP contribution in [0.15, 0.2) is 0 Å². The molecule has 62 valence electrons. The van der Waals surface area contributed by atoms with Gasteiger partial charge < -0.3 is 0 Å². The Morgan fingerprint density at radius 2 is 1.91 bits per heavy atom. The van der Waals surface area contributed by atoms with Crippen LogP contribution in [0.1, 0.15) is 32.1 Å². The van der Waals surface area contributed by atoms with Crippen molar-refractivity contribution in [3.8, 4) is 6.07 Å². The van der Waals surface area contributed by atoms with Gasteiger partial charge in [0.2, 0.25) is 6.54 Å². The summed E-state index contributed by atoms with van der Waals surface area (Å²) >= 11 is 0. The van der Waals surface area contributed by atoms with Crippen molar-refractivity contribution in [3.63, 3.8) is 0 Å². The molecule has 0 fully saturated rings. The van der Waals surface area contributed by atoms with Gasteiger partial charge in [0, 0.05) is 17.8 Å². The number of nitro groups is 1. The lowest BCUT2D eigenvalue weighted by Gasteiger charge is -1.93. The maximum Gasteiger partial charge on any atom is 0.203 e. The molecule has 0 aromatic heterocycles. The summed E-state index contributed by atoms with van der Waals surface area (Å²) in [5.41, 5.74) is 0. The van der Waals surface area contributed by atoms with Crippen molar-refractivity contribution in [2.75, 3.05) is 6.54 Å². The van der Waals surface area contributed by atoms with E-state index in [4.69, 9.17) is 5.26 Å². The van der Waals surface area contributed by atoms with Gasteiger partial charge >= 0.3 is 0 Å². The average Bonchev–Trinajstić information content (AvgIpc) is 1.96. The van der Waals surface area contributed by atoms with Crippen LogP contribution in [0.2, 0.25) is 0 Å². The van der Waals surface area contributed by atoms with Gasteiger partial charge in [-0.05, 0) is 12.8 Å². The summed E-state index contributed by atoms with van der Waals surface area (Å²) < 4.78 is 0. The summed E-state index contributed by atoms with van der Waals surface area (Å²) in [4.78, 5) is 9.54. The van der Waals surface area contributed by atoms with Gasteiger partial charge in [-0.1, -0.05) is 6.42 Å². The van der Waals surface area contributed by atoms with Crippen molar-refractivity contribution in [1.82, 2.24) is 0 Å². The number of nitriles is 1. The SMILES string of the molecule is N#CCCCCCC[N+](=O)[O-]. The highest BCUT2D eigenvalue weighted by Crippen LogP contribution is 2.01. The Bertz CT molecular complexity index is 151. The fraction of sp³-hybridized carbons (Fsp3) is 0.857. The van der Waals surface area contributed by atoms with Gasteiger partial charge in [-0.25, -0.2) is 0 Å². The zero-order valence-electron chi connectivity index (χ0n) is 6.45. The first-order valence-corrected chi connectivity index (χ1v) is 3.76. The van der Waals surface area contributed by atoms with Gasteiger partial charge in [-0.3, -0.25) is 10.1 Å². The van der Waals surface area contributed by atoms with Crippen molar-refractivity contribution in [1.29, 1.82) is 5.26 Å². The number of hydrogen-bond donors (Lipinski definition) is 0. The molecule has 4 nitrogen and oxygen atoms in total. The molecule has 0 aliphatic carbocycles. The van der Waals surface area contributed by atoms with E-state index >= 15 is 0 Å². The molecule has 4 heteroatoms. The third-order valence-corrected chi connectivity index (χ3v) is 1.38. The maximum absolute atomic E-state index is 9.84. The Labute approximate surface area is 66.0 Å². The lowest BCUT2D eigenvalue weighted by molar-refractivity contribution is -0.480. The van der Waals surface area contributed by atoms with E-state index in [-0.39, 0.29) is 11.5 Å². The minimum atomic E-state index is -0.301. The molecule has 0 N–H and O–H groups in total. The Morgan fingerprint density at radius 1 is 1.27 bits per heavy atom. The van der Waals surface area contributed by atoms with Gasteiger partial charge in [-0.2, -0.15) is 5.26 Å². The first-order chi connectivity index (χ1) is 5.27. The first-order valence-electron chi connectivity index (χ1n) is 3.76. The lowest BCUT2D eigenvalue weighted by Crippen LogP contribution is -1.99. The van der Waals surface area contributed by atoms with E-state index in [0.717, 1.165) is 19.3 Å². The smallest absolute Gasteiger partial charge is 0.203 e. The van der Waals surface area contributed by atoms with Crippen molar-refractivity contribution >= 4 is 0 Å². The highest BCUT2D eigenvalue weighted by atomic mass is 16.6. The maximum atomic E-state index is 9.84. The van der Waals surface area contributed by atoms with Gasteiger partial charge in [0.15, 0.2) is 0 Å². The minimum absolute atomic E-state index is 0.0621. The first kappa shape index (κ1) is 9.89. The fourth-order valence-electron chi connectivity index (χ4n) is 0.799. The molecule has 0 aromatic rings. The predicted molar refractivity (Wildman–Crippen MR) is 40.6 cm³/mol. The number of nitrogens with zero attached hydrogens (tertiary/aromatic N) is 2. The van der Waals surface area contributed by atoms with Crippen LogP contribution in [0.25, 0.3) is 0 Å². The van der Waals surface area contributed by atoms with Crippen LogP contribution in [0, 0.1) is 21.4 Å². The minimum Gasteiger partial charge on any atom is -0.265 e. The second-order valence-electron chi connectivity index (χ2n) is 2.38. The molecule has 0 aliphatic rings. The standard InChI is InChI=1S/C7H12N2O2/c8-6-4-2-1-3-5-7-9(10)11/h1-5,7H2. The van der Waals surface area contributed by atoms with E-state index in [2.05, 4.69) is 0 Å². The zero-order valence-corrected chi connectivity index (χ0v) is 6.45. The summed E-state index contributed by atoms with van der Waals surface area (Å²) in [5.74, 6) is 0. The highest BCUT2D eigenvalue weighted by molar-refractivity contribution is 4.67. The molecule has 0 heterocycles. The molecule has 0 unspecified atom stereocenters. The molecule has 0 bridgehead atoms. The van der Waals surface area contributed by atoms with Crippen LogP contribution < -0.4 is 0 Å². The Hall–Kier alpha value is -1.11. The third-order valence-electron chi connectivity index (χ3n) is 1.38. The summed E-state index contributed by atoms with van der Waals surface area (Å²) in [6.45, 7) is 0.0621. The largest absolute Gasteiger partial charge is 0.265 e. The molecule has 0 amide bonds. The predicted octanol–water partition coefficient (Wildman–Crippen LogP) is 1.74. The van der Waals surface area contributed by atoms with Crippen LogP contribution in [0.3, 0.4) is 0 Å². The number of hydrogen-bond acceptors (Lipinski definition) is 3. The van der Waals surface area contributed by atoms with Crippen molar-refractivity contribution in [3.05, 3.63) is 10.1 Å². The average molecular weight is 156 g/mol. The quantitative estimate of drug-likeness (QED) is 0.334. The molecule has 0 aliphatic heterocycles. The molecule has 0 spiro atoms. The summed E-state index contributed by atoms with van der Waals surface area (Å²) in [5, 5.41) is 18.0. The number of unbranched alkanes of at least 4 members (excludes halogenated alkanes) is 4. The van der Waals surface area contributed by atoms with E-state index in [1.807, 2.05) is 6.07 Å². The van der Waals surface area contributed by atoms with E-state index in [0.29, 0.717) is 12.8 Å². The zero-order chi connectivity index (χ0) is 8.53. The molecule has 0 radical (unpaired) electrons. The van der Waals surface area contributed by atoms with Crippen LogP contribution in [-0.4, -0.2) is 11.5 Å². The third kappa shape index (κ3) is 8.89. The summed E-state index contributed by atoms with van der Waals surface area (Å²) in [6.07, 6.45) is 3.87. The van der Waals surface area contributed by atoms with E-state index in [1.54, 1.807) is 0 Å². The molecular formula is C7H12N2O2. The summed E-state index contributed by atoms with van der Waals surface area (Å²) in [6, 6.07) is 2.03. The topological polar surface area (TPSA) is 66.9 Å². The van der Waals surface area contributed by atoms with Crippen LogP contribution in [0.5, 0.6) is 0 Å². The Balaban J connectivity index is 2.92. The van der Waals surface area contributed by atoms with E-state index < -0.39 is 0 Å². The monoisotopic (exact) mass is 156 g/mol. The van der Waals surface area contributed by atoms with Crippen LogP contribution >= 0.6 is 0 Å².